The van der Waals surface area contributed by atoms with Crippen LogP contribution in [0.4, 0.5) is 19.0 Å². The van der Waals surface area contributed by atoms with Crippen molar-refractivity contribution in [3.05, 3.63) is 65.5 Å². The lowest BCUT2D eigenvalue weighted by atomic mass is 10.0. The minimum atomic E-state index is -4.45. The third kappa shape index (κ3) is 4.56. The smallest absolute Gasteiger partial charge is 0.339 e. The van der Waals surface area contributed by atoms with Crippen molar-refractivity contribution in [1.29, 1.82) is 0 Å². The molecule has 3 atom stereocenters. The fourth-order valence-corrected chi connectivity index (χ4v) is 4.76. The molecule has 4 heterocycles. The Morgan fingerprint density at radius 2 is 1.83 bits per heavy atom. The molecule has 35 heavy (non-hydrogen) atoms. The third-order valence-corrected chi connectivity index (χ3v) is 6.81. The maximum absolute atomic E-state index is 14.0. The van der Waals surface area contributed by atoms with Crippen LogP contribution in [0.3, 0.4) is 0 Å². The molecule has 3 unspecified atom stereocenters. The molecule has 1 amide bonds. The first-order chi connectivity index (χ1) is 16.6. The number of alkyl halides is 3. The standard InChI is InChI=1S/C25H25F3N6O/c1-14-4-6-19(20-8-9-29-15(2)32-20)23(31-14)24(35)34-13-17-10-16(17)11-22(34)33(3)21-7-5-18(12-30-21)25(26,27)28/h4-9,12,16-17,22H,10-11,13H2,1-3H3. The van der Waals surface area contributed by atoms with Crippen LogP contribution in [0.15, 0.2) is 42.7 Å². The van der Waals surface area contributed by atoms with E-state index in [2.05, 4.69) is 19.9 Å². The van der Waals surface area contributed by atoms with Crippen molar-refractivity contribution in [2.75, 3.05) is 18.5 Å². The topological polar surface area (TPSA) is 75.1 Å². The van der Waals surface area contributed by atoms with Crippen LogP contribution >= 0.6 is 0 Å². The van der Waals surface area contributed by atoms with Crippen molar-refractivity contribution in [3.8, 4) is 11.3 Å². The molecule has 10 heteroatoms. The molecular formula is C25H25F3N6O. The van der Waals surface area contributed by atoms with Crippen LogP contribution < -0.4 is 4.90 Å². The average Bonchev–Trinajstić information content (AvgIpc) is 3.60. The Morgan fingerprint density at radius 3 is 2.51 bits per heavy atom. The first-order valence-corrected chi connectivity index (χ1v) is 11.5. The molecule has 182 valence electrons. The molecule has 5 rings (SSSR count). The minimum absolute atomic E-state index is 0.228. The Kier molecular flexibility index (Phi) is 5.69. The van der Waals surface area contributed by atoms with E-state index in [0.717, 1.165) is 25.1 Å². The van der Waals surface area contributed by atoms with Crippen LogP contribution in [0.25, 0.3) is 11.3 Å². The predicted molar refractivity (Wildman–Crippen MR) is 123 cm³/mol. The molecule has 0 bridgehead atoms. The number of carbonyl (C=O) groups is 1. The van der Waals surface area contributed by atoms with Crippen molar-refractivity contribution in [3.63, 3.8) is 0 Å². The quantitative estimate of drug-likeness (QED) is 0.545. The molecular weight excluding hydrogens is 457 g/mol. The van der Waals surface area contributed by atoms with Gasteiger partial charge in [-0.2, -0.15) is 13.2 Å². The van der Waals surface area contributed by atoms with E-state index in [9.17, 15) is 18.0 Å². The highest BCUT2D eigenvalue weighted by Crippen LogP contribution is 2.48. The molecule has 0 aromatic carbocycles. The Balaban J connectivity index is 1.49. The van der Waals surface area contributed by atoms with Gasteiger partial charge in [0.1, 0.15) is 23.5 Å². The number of hydrogen-bond donors (Lipinski definition) is 0. The van der Waals surface area contributed by atoms with Gasteiger partial charge in [0.2, 0.25) is 0 Å². The van der Waals surface area contributed by atoms with E-state index in [1.165, 1.54) is 6.07 Å². The SMILES string of the molecule is Cc1ccc(-c2ccnc(C)n2)c(C(=O)N2CC3CC3CC2N(C)c2ccc(C(F)(F)F)cn2)n1. The second-order valence-corrected chi connectivity index (χ2v) is 9.28. The summed E-state index contributed by atoms with van der Waals surface area (Å²) in [6, 6.07) is 7.80. The van der Waals surface area contributed by atoms with Crippen LogP contribution in [0.1, 0.15) is 40.4 Å². The van der Waals surface area contributed by atoms with Gasteiger partial charge in [0.15, 0.2) is 0 Å². The Hall–Kier alpha value is -3.56. The number of likely N-dealkylation sites (tertiary alicyclic amines) is 1. The number of hydrogen-bond acceptors (Lipinski definition) is 6. The first kappa shape index (κ1) is 23.2. The molecule has 3 aromatic rings. The maximum Gasteiger partial charge on any atom is 0.417 e. The summed E-state index contributed by atoms with van der Waals surface area (Å²) in [4.78, 5) is 34.8. The second kappa shape index (κ2) is 8.58. The number of aromatic nitrogens is 4. The highest BCUT2D eigenvalue weighted by molar-refractivity contribution is 5.99. The predicted octanol–water partition coefficient (Wildman–Crippen LogP) is 4.51. The van der Waals surface area contributed by atoms with Crippen molar-refractivity contribution in [1.82, 2.24) is 24.8 Å². The summed E-state index contributed by atoms with van der Waals surface area (Å²) in [6.45, 7) is 4.18. The molecule has 1 aliphatic carbocycles. The van der Waals surface area contributed by atoms with Gasteiger partial charge in [-0.05, 0) is 68.9 Å². The van der Waals surface area contributed by atoms with Gasteiger partial charge in [-0.1, -0.05) is 0 Å². The van der Waals surface area contributed by atoms with Crippen LogP contribution in [0.2, 0.25) is 0 Å². The van der Waals surface area contributed by atoms with Crippen molar-refractivity contribution in [2.45, 2.75) is 39.0 Å². The number of rotatable bonds is 4. The molecule has 2 fully saturated rings. The van der Waals surface area contributed by atoms with Gasteiger partial charge in [-0.15, -0.1) is 0 Å². The Labute approximate surface area is 201 Å². The fraction of sp³-hybridized carbons (Fsp3) is 0.400. The lowest BCUT2D eigenvalue weighted by Crippen LogP contribution is -2.53. The highest BCUT2D eigenvalue weighted by atomic mass is 19.4. The summed E-state index contributed by atoms with van der Waals surface area (Å²) in [6.07, 6.45) is -0.563. The van der Waals surface area contributed by atoms with E-state index in [0.29, 0.717) is 52.7 Å². The molecule has 0 N–H and O–H groups in total. The Morgan fingerprint density at radius 1 is 1.03 bits per heavy atom. The number of halogens is 3. The molecule has 3 aromatic heterocycles. The zero-order valence-electron chi connectivity index (χ0n) is 19.6. The summed E-state index contributed by atoms with van der Waals surface area (Å²) in [5.41, 5.74) is 1.45. The maximum atomic E-state index is 14.0. The van der Waals surface area contributed by atoms with Gasteiger partial charge in [0, 0.05) is 37.2 Å². The monoisotopic (exact) mass is 482 g/mol. The molecule has 2 aliphatic rings. The number of fused-ring (bicyclic) bond motifs is 1. The molecule has 1 aliphatic heterocycles. The number of aryl methyl sites for hydroxylation is 2. The number of piperidine rings is 1. The summed E-state index contributed by atoms with van der Waals surface area (Å²) >= 11 is 0. The van der Waals surface area contributed by atoms with E-state index in [-0.39, 0.29) is 12.1 Å². The normalized spacial score (nSPS) is 21.4. The molecule has 1 saturated carbocycles. The van der Waals surface area contributed by atoms with E-state index >= 15 is 0 Å². The van der Waals surface area contributed by atoms with Gasteiger partial charge in [0.05, 0.1) is 11.3 Å². The van der Waals surface area contributed by atoms with Gasteiger partial charge in [0.25, 0.3) is 5.91 Å². The van der Waals surface area contributed by atoms with E-state index in [4.69, 9.17) is 0 Å². The van der Waals surface area contributed by atoms with Crippen LogP contribution in [0.5, 0.6) is 0 Å². The lowest BCUT2D eigenvalue weighted by molar-refractivity contribution is -0.137. The van der Waals surface area contributed by atoms with E-state index < -0.39 is 11.7 Å². The Bertz CT molecular complexity index is 1260. The largest absolute Gasteiger partial charge is 0.417 e. The third-order valence-electron chi connectivity index (χ3n) is 6.81. The van der Waals surface area contributed by atoms with Crippen molar-refractivity contribution in [2.24, 2.45) is 11.8 Å². The molecule has 0 radical (unpaired) electrons. The summed E-state index contributed by atoms with van der Waals surface area (Å²) in [5.74, 6) is 1.67. The highest BCUT2D eigenvalue weighted by Gasteiger charge is 2.49. The summed E-state index contributed by atoms with van der Waals surface area (Å²) in [5, 5.41) is 0. The minimum Gasteiger partial charge on any atom is -0.339 e. The molecule has 7 nitrogen and oxygen atoms in total. The molecule has 0 spiro atoms. The van der Waals surface area contributed by atoms with Gasteiger partial charge < -0.3 is 9.80 Å². The van der Waals surface area contributed by atoms with E-state index in [1.54, 1.807) is 36.0 Å². The zero-order chi connectivity index (χ0) is 24.9. The van der Waals surface area contributed by atoms with Crippen LogP contribution in [0, 0.1) is 25.7 Å². The van der Waals surface area contributed by atoms with Crippen LogP contribution in [-0.4, -0.2) is 50.5 Å². The molecule has 1 saturated heterocycles. The van der Waals surface area contributed by atoms with Crippen LogP contribution in [-0.2, 0) is 6.18 Å². The van der Waals surface area contributed by atoms with Crippen molar-refractivity contribution < 1.29 is 18.0 Å². The first-order valence-electron chi connectivity index (χ1n) is 11.5. The lowest BCUT2D eigenvalue weighted by Gasteiger charge is -2.41. The summed E-state index contributed by atoms with van der Waals surface area (Å²) < 4.78 is 39.0. The summed E-state index contributed by atoms with van der Waals surface area (Å²) in [7, 11) is 1.77. The van der Waals surface area contributed by atoms with Gasteiger partial charge in [-0.3, -0.25) is 4.79 Å². The van der Waals surface area contributed by atoms with Gasteiger partial charge in [-0.25, -0.2) is 19.9 Å². The number of pyridine rings is 2. The number of carbonyl (C=O) groups excluding carboxylic acids is 1. The number of anilines is 1. The fourth-order valence-electron chi connectivity index (χ4n) is 4.76. The van der Waals surface area contributed by atoms with E-state index in [1.807, 2.05) is 19.1 Å². The second-order valence-electron chi connectivity index (χ2n) is 9.28. The zero-order valence-corrected chi connectivity index (χ0v) is 19.6. The van der Waals surface area contributed by atoms with Crippen molar-refractivity contribution >= 4 is 11.7 Å². The number of amides is 1. The average molecular weight is 483 g/mol. The van der Waals surface area contributed by atoms with Gasteiger partial charge >= 0.3 is 6.18 Å². The number of nitrogens with zero attached hydrogens (tertiary/aromatic N) is 6.